The van der Waals surface area contributed by atoms with Gasteiger partial charge in [-0.15, -0.1) is 0 Å². The minimum atomic E-state index is -4.48. The van der Waals surface area contributed by atoms with Gasteiger partial charge < -0.3 is 20.8 Å². The van der Waals surface area contributed by atoms with E-state index in [4.69, 9.17) is 9.79 Å². The molecular formula is C21H37N2O5P. The third-order valence-corrected chi connectivity index (χ3v) is 5.80. The maximum Gasteiger partial charge on any atom is 0.469 e. The van der Waals surface area contributed by atoms with Crippen LogP contribution in [0.2, 0.25) is 0 Å². The molecule has 1 amide bonds. The lowest BCUT2D eigenvalue weighted by molar-refractivity contribution is -0.130. The van der Waals surface area contributed by atoms with Crippen LogP contribution in [0.3, 0.4) is 0 Å². The van der Waals surface area contributed by atoms with Crippen molar-refractivity contribution in [2.45, 2.75) is 77.2 Å². The molecule has 1 fully saturated rings. The highest BCUT2D eigenvalue weighted by Gasteiger charge is 2.31. The molecule has 0 spiro atoms. The summed E-state index contributed by atoms with van der Waals surface area (Å²) in [6, 6.07) is 8.83. The molecule has 1 unspecified atom stereocenters. The van der Waals surface area contributed by atoms with Crippen molar-refractivity contribution >= 4 is 13.7 Å². The molecular weight excluding hydrogens is 391 g/mol. The lowest BCUT2D eigenvalue weighted by Crippen LogP contribution is -2.29. The molecule has 166 valence electrons. The molecule has 5 N–H and O–H groups in total. The van der Waals surface area contributed by atoms with E-state index < -0.39 is 13.9 Å². The molecule has 1 aromatic carbocycles. The van der Waals surface area contributed by atoms with E-state index in [-0.39, 0.29) is 18.6 Å². The maximum absolute atomic E-state index is 12.2. The van der Waals surface area contributed by atoms with Crippen molar-refractivity contribution in [3.05, 3.63) is 35.4 Å². The van der Waals surface area contributed by atoms with Crippen molar-refractivity contribution in [1.29, 1.82) is 0 Å². The maximum atomic E-state index is 12.2. The average Bonchev–Trinajstić information content (AvgIpc) is 3.10. The van der Waals surface area contributed by atoms with Gasteiger partial charge in [-0.1, -0.05) is 50.5 Å². The van der Waals surface area contributed by atoms with Crippen molar-refractivity contribution in [1.82, 2.24) is 11.1 Å². The fourth-order valence-electron chi connectivity index (χ4n) is 3.63. The Bertz CT molecular complexity index is 647. The topological polar surface area (TPSA) is 122 Å². The number of nitrogens with zero attached hydrogens (tertiary/aromatic N) is 1. The van der Waals surface area contributed by atoms with Crippen molar-refractivity contribution in [3.8, 4) is 0 Å². The number of likely N-dealkylation sites (tertiary alicyclic amines) is 1. The Morgan fingerprint density at radius 3 is 2.21 bits per heavy atom. The predicted octanol–water partition coefficient (Wildman–Crippen LogP) is 4.39. The molecule has 29 heavy (non-hydrogen) atoms. The second-order valence-electron chi connectivity index (χ2n) is 7.68. The van der Waals surface area contributed by atoms with Gasteiger partial charge in [-0.05, 0) is 49.7 Å². The first-order chi connectivity index (χ1) is 13.4. The van der Waals surface area contributed by atoms with Crippen molar-refractivity contribution in [2.75, 3.05) is 13.1 Å². The third-order valence-electron chi connectivity index (χ3n) is 5.23. The van der Waals surface area contributed by atoms with Gasteiger partial charge in [-0.25, -0.2) is 4.57 Å². The van der Waals surface area contributed by atoms with Gasteiger partial charge in [-0.3, -0.25) is 9.32 Å². The summed E-state index contributed by atoms with van der Waals surface area (Å²) in [5, 5.41) is 0. The molecule has 1 aliphatic rings. The highest BCUT2D eigenvalue weighted by atomic mass is 31.2. The summed E-state index contributed by atoms with van der Waals surface area (Å²) in [5.41, 5.74) is 2.71. The van der Waals surface area contributed by atoms with E-state index in [0.717, 1.165) is 25.7 Å². The first-order valence-corrected chi connectivity index (χ1v) is 12.0. The first kappa shape index (κ1) is 25.8. The Balaban J connectivity index is 0.00000420. The summed E-state index contributed by atoms with van der Waals surface area (Å²) in [7, 11) is -4.48. The molecule has 0 aromatic heterocycles. The number of hydrogen-bond donors (Lipinski definition) is 3. The highest BCUT2D eigenvalue weighted by Crippen LogP contribution is 2.39. The van der Waals surface area contributed by atoms with Crippen LogP contribution in [0.1, 0.15) is 69.4 Å². The Kier molecular flexibility index (Phi) is 11.7. The predicted molar refractivity (Wildman–Crippen MR) is 115 cm³/mol. The van der Waals surface area contributed by atoms with Gasteiger partial charge in [-0.2, -0.15) is 0 Å². The zero-order valence-corrected chi connectivity index (χ0v) is 18.5. The number of phosphoric acid groups is 1. The molecule has 0 saturated carbocycles. The van der Waals surface area contributed by atoms with Gasteiger partial charge >= 0.3 is 7.82 Å². The molecule has 0 bridgehead atoms. The molecule has 7 nitrogen and oxygen atoms in total. The second kappa shape index (κ2) is 13.1. The van der Waals surface area contributed by atoms with Crippen LogP contribution in [0.15, 0.2) is 24.3 Å². The van der Waals surface area contributed by atoms with Crippen LogP contribution in [-0.4, -0.2) is 39.8 Å². The SMILES string of the molecule is CCCCCCc1ccc(CCCCC(=O)N2CCC(OP(=O)(O)O)C2)cc1.N. The molecule has 2 rings (SSSR count). The van der Waals surface area contributed by atoms with Crippen LogP contribution in [0, 0.1) is 0 Å². The zero-order valence-electron chi connectivity index (χ0n) is 17.6. The van der Waals surface area contributed by atoms with Crippen LogP contribution in [0.5, 0.6) is 0 Å². The third kappa shape index (κ3) is 10.4. The Labute approximate surface area is 174 Å². The van der Waals surface area contributed by atoms with E-state index in [1.165, 1.54) is 36.8 Å². The Hall–Kier alpha value is -1.24. The number of unbranched alkanes of at least 4 members (excludes halogenated alkanes) is 4. The normalized spacial score (nSPS) is 16.7. The first-order valence-electron chi connectivity index (χ1n) is 10.5. The van der Waals surface area contributed by atoms with Crippen molar-refractivity contribution in [3.63, 3.8) is 0 Å². The number of carbonyl (C=O) groups is 1. The number of hydrogen-bond acceptors (Lipinski definition) is 4. The van der Waals surface area contributed by atoms with Crippen LogP contribution in [0.25, 0.3) is 0 Å². The molecule has 1 aliphatic heterocycles. The van der Waals surface area contributed by atoms with E-state index in [2.05, 4.69) is 35.7 Å². The van der Waals surface area contributed by atoms with Crippen molar-refractivity contribution < 1.29 is 23.7 Å². The number of amides is 1. The lowest BCUT2D eigenvalue weighted by Gasteiger charge is -2.17. The minimum Gasteiger partial charge on any atom is -0.344 e. The Morgan fingerprint density at radius 1 is 1.07 bits per heavy atom. The van der Waals surface area contributed by atoms with Crippen LogP contribution >= 0.6 is 7.82 Å². The summed E-state index contributed by atoms with van der Waals surface area (Å²) < 4.78 is 15.6. The summed E-state index contributed by atoms with van der Waals surface area (Å²) >= 11 is 0. The standard InChI is InChI=1S/C21H34NO5P.H3N/c1-2-3-4-5-8-18-11-13-19(14-12-18)9-6-7-10-21(23)22-16-15-20(17-22)27-28(24,25)26;/h11-14,20H,2-10,15-17H2,1H3,(H2,24,25,26);1H3. The molecule has 1 atom stereocenters. The molecule has 0 radical (unpaired) electrons. The lowest BCUT2D eigenvalue weighted by atomic mass is 10.0. The van der Waals surface area contributed by atoms with Crippen LogP contribution in [0.4, 0.5) is 0 Å². The second-order valence-corrected chi connectivity index (χ2v) is 8.87. The smallest absolute Gasteiger partial charge is 0.344 e. The number of carbonyl (C=O) groups excluding carboxylic acids is 1. The van der Waals surface area contributed by atoms with Gasteiger partial charge in [0.1, 0.15) is 0 Å². The number of phosphoric ester groups is 1. The summed E-state index contributed by atoms with van der Waals surface area (Å²) in [4.78, 5) is 31.6. The van der Waals surface area contributed by atoms with Crippen LogP contribution in [-0.2, 0) is 26.7 Å². The number of benzene rings is 1. The van der Waals surface area contributed by atoms with E-state index >= 15 is 0 Å². The van der Waals surface area contributed by atoms with Gasteiger partial charge in [0.15, 0.2) is 0 Å². The molecule has 8 heteroatoms. The largest absolute Gasteiger partial charge is 0.469 e. The van der Waals surface area contributed by atoms with Gasteiger partial charge in [0.25, 0.3) is 0 Å². The monoisotopic (exact) mass is 428 g/mol. The van der Waals surface area contributed by atoms with Crippen molar-refractivity contribution in [2.24, 2.45) is 0 Å². The van der Waals surface area contributed by atoms with E-state index in [1.807, 2.05) is 0 Å². The number of rotatable bonds is 12. The van der Waals surface area contributed by atoms with Gasteiger partial charge in [0, 0.05) is 19.5 Å². The highest BCUT2D eigenvalue weighted by molar-refractivity contribution is 7.46. The molecule has 1 saturated heterocycles. The Morgan fingerprint density at radius 2 is 1.66 bits per heavy atom. The summed E-state index contributed by atoms with van der Waals surface area (Å²) in [6.45, 7) is 3.00. The molecule has 1 aromatic rings. The summed E-state index contributed by atoms with van der Waals surface area (Å²) in [6.07, 6.45) is 9.40. The quantitative estimate of drug-likeness (QED) is 0.335. The average molecular weight is 429 g/mol. The van der Waals surface area contributed by atoms with Gasteiger partial charge in [0.2, 0.25) is 5.91 Å². The molecule has 0 aliphatic carbocycles. The summed E-state index contributed by atoms with van der Waals surface area (Å²) in [5.74, 6) is 0.0410. The fraction of sp³-hybridized carbons (Fsp3) is 0.667. The van der Waals surface area contributed by atoms with E-state index in [0.29, 0.717) is 19.4 Å². The van der Waals surface area contributed by atoms with E-state index in [9.17, 15) is 9.36 Å². The fourth-order valence-corrected chi connectivity index (χ4v) is 4.19. The molecule has 1 heterocycles. The van der Waals surface area contributed by atoms with Crippen LogP contribution < -0.4 is 6.15 Å². The zero-order chi connectivity index (χ0) is 20.4. The van der Waals surface area contributed by atoms with E-state index in [1.54, 1.807) is 4.90 Å². The number of aryl methyl sites for hydroxylation is 2. The van der Waals surface area contributed by atoms with Gasteiger partial charge in [0.05, 0.1) is 6.10 Å². The minimum absolute atomic E-state index is 0.